The number of ether oxygens (including phenoxy) is 1. The molecule has 16 heavy (non-hydrogen) atoms. The zero-order chi connectivity index (χ0) is 11.8. The highest BCUT2D eigenvalue weighted by Gasteiger charge is 2.13. The van der Waals surface area contributed by atoms with Crippen LogP contribution in [-0.4, -0.2) is 48.3 Å². The Balaban J connectivity index is 2.04. The maximum absolute atomic E-state index is 10.3. The van der Waals surface area contributed by atoms with Crippen LogP contribution in [0.25, 0.3) is 0 Å². The maximum Gasteiger partial charge on any atom is 0.303 e. The Hall–Kier alpha value is -0.610. The van der Waals surface area contributed by atoms with Crippen LogP contribution in [0, 0.1) is 0 Å². The van der Waals surface area contributed by atoms with Crippen molar-refractivity contribution in [1.29, 1.82) is 0 Å². The molecule has 0 aromatic carbocycles. The summed E-state index contributed by atoms with van der Waals surface area (Å²) in [7, 11) is 0. The van der Waals surface area contributed by atoms with Crippen molar-refractivity contribution in [2.75, 3.05) is 26.2 Å². The zero-order valence-electron chi connectivity index (χ0n) is 10.2. The molecular weight excluding hydrogens is 206 g/mol. The molecule has 1 atom stereocenters. The molecule has 0 radical (unpaired) electrons. The number of unbranched alkanes of at least 4 members (excludes halogenated alkanes) is 2. The van der Waals surface area contributed by atoms with Gasteiger partial charge in [-0.25, -0.2) is 0 Å². The van der Waals surface area contributed by atoms with Gasteiger partial charge in [0.05, 0.1) is 6.10 Å². The summed E-state index contributed by atoms with van der Waals surface area (Å²) in [5.41, 5.74) is 0. The van der Waals surface area contributed by atoms with Crippen molar-refractivity contribution >= 4 is 5.97 Å². The van der Waals surface area contributed by atoms with Gasteiger partial charge in [-0.3, -0.25) is 4.79 Å². The molecule has 0 aromatic rings. The van der Waals surface area contributed by atoms with E-state index in [1.807, 2.05) is 0 Å². The predicted octanol–water partition coefficient (Wildman–Crippen LogP) is 1.74. The third-order valence-corrected chi connectivity index (χ3v) is 2.90. The van der Waals surface area contributed by atoms with Crippen molar-refractivity contribution in [2.45, 2.75) is 45.1 Å². The van der Waals surface area contributed by atoms with Crippen LogP contribution in [0.3, 0.4) is 0 Å². The Morgan fingerprint density at radius 2 is 2.25 bits per heavy atom. The van der Waals surface area contributed by atoms with Gasteiger partial charge >= 0.3 is 5.97 Å². The lowest BCUT2D eigenvalue weighted by atomic mass is 10.2. The second-order valence-corrected chi connectivity index (χ2v) is 4.54. The molecule has 1 saturated heterocycles. The number of aliphatic carboxylic acids is 1. The zero-order valence-corrected chi connectivity index (χ0v) is 10.2. The van der Waals surface area contributed by atoms with Gasteiger partial charge in [0.15, 0.2) is 0 Å². The molecule has 0 saturated carbocycles. The summed E-state index contributed by atoms with van der Waals surface area (Å²) in [4.78, 5) is 12.8. The number of rotatable bonds is 6. The Labute approximate surface area is 97.6 Å². The first kappa shape index (κ1) is 13.5. The molecular formula is C12H23NO3. The number of hydrogen-bond donors (Lipinski definition) is 1. The molecule has 1 fully saturated rings. The number of carboxylic acids is 1. The smallest absolute Gasteiger partial charge is 0.303 e. The topological polar surface area (TPSA) is 49.8 Å². The Bertz CT molecular complexity index is 208. The molecule has 94 valence electrons. The van der Waals surface area contributed by atoms with Gasteiger partial charge in [-0.05, 0) is 32.7 Å². The van der Waals surface area contributed by atoms with Crippen molar-refractivity contribution in [3.8, 4) is 0 Å². The first-order valence-electron chi connectivity index (χ1n) is 6.24. The summed E-state index contributed by atoms with van der Waals surface area (Å²) >= 11 is 0. The van der Waals surface area contributed by atoms with Crippen molar-refractivity contribution in [3.05, 3.63) is 0 Å². The van der Waals surface area contributed by atoms with Crippen LogP contribution in [0.2, 0.25) is 0 Å². The highest BCUT2D eigenvalue weighted by atomic mass is 16.5. The first-order valence-corrected chi connectivity index (χ1v) is 6.24. The van der Waals surface area contributed by atoms with E-state index in [0.717, 1.165) is 51.9 Å². The molecule has 1 unspecified atom stereocenters. The van der Waals surface area contributed by atoms with E-state index in [4.69, 9.17) is 9.84 Å². The molecule has 0 aliphatic carbocycles. The summed E-state index contributed by atoms with van der Waals surface area (Å²) in [6.07, 6.45) is 4.66. The number of hydrogen-bond acceptors (Lipinski definition) is 3. The molecule has 1 aliphatic rings. The quantitative estimate of drug-likeness (QED) is 0.705. The minimum Gasteiger partial charge on any atom is -0.481 e. The summed E-state index contributed by atoms with van der Waals surface area (Å²) in [5, 5.41) is 8.51. The predicted molar refractivity (Wildman–Crippen MR) is 62.6 cm³/mol. The first-order chi connectivity index (χ1) is 7.68. The van der Waals surface area contributed by atoms with Gasteiger partial charge in [-0.1, -0.05) is 6.42 Å². The van der Waals surface area contributed by atoms with E-state index in [9.17, 15) is 4.79 Å². The second-order valence-electron chi connectivity index (χ2n) is 4.54. The fourth-order valence-corrected chi connectivity index (χ4v) is 2.07. The minimum absolute atomic E-state index is 0.305. The Kier molecular flexibility index (Phi) is 6.42. The third kappa shape index (κ3) is 6.08. The third-order valence-electron chi connectivity index (χ3n) is 2.90. The summed E-state index contributed by atoms with van der Waals surface area (Å²) in [5.74, 6) is -0.684. The molecule has 1 heterocycles. The van der Waals surface area contributed by atoms with E-state index in [1.165, 1.54) is 0 Å². The van der Waals surface area contributed by atoms with Gasteiger partial charge < -0.3 is 14.7 Å². The summed E-state index contributed by atoms with van der Waals surface area (Å²) in [6, 6.07) is 0. The Morgan fingerprint density at radius 1 is 1.44 bits per heavy atom. The lowest BCUT2D eigenvalue weighted by molar-refractivity contribution is -0.137. The van der Waals surface area contributed by atoms with Crippen LogP contribution in [0.5, 0.6) is 0 Å². The molecule has 4 heteroatoms. The monoisotopic (exact) mass is 229 g/mol. The molecule has 4 nitrogen and oxygen atoms in total. The minimum atomic E-state index is -0.684. The van der Waals surface area contributed by atoms with Gasteiger partial charge in [0.1, 0.15) is 0 Å². The van der Waals surface area contributed by atoms with Crippen LogP contribution in [0.1, 0.15) is 39.0 Å². The number of carboxylic acid groups (broad SMARTS) is 1. The standard InChI is InChI=1S/C12H23NO3/c1-11-10-13(8-5-9-16-11)7-4-2-3-6-12(14)15/h11H,2-10H2,1H3,(H,14,15). The van der Waals surface area contributed by atoms with Gasteiger partial charge in [0.25, 0.3) is 0 Å². The fraction of sp³-hybridized carbons (Fsp3) is 0.917. The normalized spacial score (nSPS) is 22.9. The molecule has 0 aromatic heterocycles. The lowest BCUT2D eigenvalue weighted by Crippen LogP contribution is -2.31. The van der Waals surface area contributed by atoms with Crippen LogP contribution in [0.15, 0.2) is 0 Å². The van der Waals surface area contributed by atoms with E-state index in [1.54, 1.807) is 0 Å². The molecule has 1 rings (SSSR count). The summed E-state index contributed by atoms with van der Waals surface area (Å²) in [6.45, 7) is 6.19. The molecule has 0 amide bonds. The molecule has 0 spiro atoms. The number of nitrogens with zero attached hydrogens (tertiary/aromatic N) is 1. The van der Waals surface area contributed by atoms with Gasteiger partial charge in [-0.15, -0.1) is 0 Å². The van der Waals surface area contributed by atoms with Crippen molar-refractivity contribution in [3.63, 3.8) is 0 Å². The highest BCUT2D eigenvalue weighted by molar-refractivity contribution is 5.66. The highest BCUT2D eigenvalue weighted by Crippen LogP contribution is 2.08. The molecule has 1 N–H and O–H groups in total. The van der Waals surface area contributed by atoms with E-state index in [2.05, 4.69) is 11.8 Å². The van der Waals surface area contributed by atoms with Crippen LogP contribution in [-0.2, 0) is 9.53 Å². The average Bonchev–Trinajstić information content (AvgIpc) is 2.42. The molecule has 1 aliphatic heterocycles. The van der Waals surface area contributed by atoms with Gasteiger partial charge in [-0.2, -0.15) is 0 Å². The molecule has 0 bridgehead atoms. The summed E-state index contributed by atoms with van der Waals surface area (Å²) < 4.78 is 5.57. The largest absolute Gasteiger partial charge is 0.481 e. The van der Waals surface area contributed by atoms with Crippen LogP contribution in [0.4, 0.5) is 0 Å². The fourth-order valence-electron chi connectivity index (χ4n) is 2.07. The van der Waals surface area contributed by atoms with E-state index in [-0.39, 0.29) is 0 Å². The van der Waals surface area contributed by atoms with Gasteiger partial charge in [0, 0.05) is 26.1 Å². The van der Waals surface area contributed by atoms with E-state index in [0.29, 0.717) is 12.5 Å². The van der Waals surface area contributed by atoms with Crippen molar-refractivity contribution < 1.29 is 14.6 Å². The average molecular weight is 229 g/mol. The Morgan fingerprint density at radius 3 is 3.00 bits per heavy atom. The van der Waals surface area contributed by atoms with Crippen LogP contribution >= 0.6 is 0 Å². The van der Waals surface area contributed by atoms with E-state index < -0.39 is 5.97 Å². The number of carbonyl (C=O) groups is 1. The SMILES string of the molecule is CC1CN(CCCCCC(=O)O)CCCO1. The second kappa shape index (κ2) is 7.63. The van der Waals surface area contributed by atoms with Gasteiger partial charge in [0.2, 0.25) is 0 Å². The maximum atomic E-state index is 10.3. The van der Waals surface area contributed by atoms with Crippen LogP contribution < -0.4 is 0 Å². The van der Waals surface area contributed by atoms with Crippen molar-refractivity contribution in [1.82, 2.24) is 4.90 Å². The lowest BCUT2D eigenvalue weighted by Gasteiger charge is -2.21. The van der Waals surface area contributed by atoms with Crippen molar-refractivity contribution in [2.24, 2.45) is 0 Å². The van der Waals surface area contributed by atoms with E-state index >= 15 is 0 Å².